The van der Waals surface area contributed by atoms with E-state index in [9.17, 15) is 22.4 Å². The number of carbonyl (C=O) groups is 1. The molecule has 1 N–H and O–H groups in total. The number of hydrogen-bond donors (Lipinski definition) is 1. The van der Waals surface area contributed by atoms with Crippen LogP contribution in [0.15, 0.2) is 24.7 Å². The number of halogens is 4. The molecule has 0 bridgehead atoms. The van der Waals surface area contributed by atoms with E-state index in [0.29, 0.717) is 17.8 Å². The van der Waals surface area contributed by atoms with Gasteiger partial charge in [0.2, 0.25) is 0 Å². The third-order valence-electron chi connectivity index (χ3n) is 3.94. The van der Waals surface area contributed by atoms with Gasteiger partial charge in [0.1, 0.15) is 5.82 Å². The normalized spacial score (nSPS) is 11.0. The van der Waals surface area contributed by atoms with Crippen molar-refractivity contribution < 1.29 is 22.4 Å². The summed E-state index contributed by atoms with van der Waals surface area (Å²) in [5.74, 6) is -6.62. The maximum atomic E-state index is 13.8. The molecule has 10 heteroatoms. The highest BCUT2D eigenvalue weighted by Crippen LogP contribution is 2.20. The Morgan fingerprint density at radius 1 is 1.11 bits per heavy atom. The smallest absolute Gasteiger partial charge is 0.259 e. The highest BCUT2D eigenvalue weighted by Gasteiger charge is 2.20. The van der Waals surface area contributed by atoms with Crippen LogP contribution < -0.4 is 5.32 Å². The third kappa shape index (κ3) is 3.69. The molecule has 2 heterocycles. The van der Waals surface area contributed by atoms with Crippen LogP contribution in [0.1, 0.15) is 28.5 Å². The number of anilines is 1. The number of aryl methyl sites for hydroxylation is 2. The van der Waals surface area contributed by atoms with Crippen LogP contribution in [-0.4, -0.2) is 25.5 Å². The summed E-state index contributed by atoms with van der Waals surface area (Å²) in [5.41, 5.74) is 0.525. The van der Waals surface area contributed by atoms with E-state index in [1.54, 1.807) is 17.8 Å². The fourth-order valence-corrected chi connectivity index (χ4v) is 2.53. The Morgan fingerprint density at radius 2 is 1.85 bits per heavy atom. The van der Waals surface area contributed by atoms with Crippen LogP contribution in [0.3, 0.4) is 0 Å². The van der Waals surface area contributed by atoms with Crippen LogP contribution in [0.5, 0.6) is 0 Å². The number of amides is 1. The number of rotatable bonds is 5. The van der Waals surface area contributed by atoms with Gasteiger partial charge in [-0.2, -0.15) is 10.2 Å². The zero-order valence-corrected chi connectivity index (χ0v) is 14.4. The summed E-state index contributed by atoms with van der Waals surface area (Å²) in [4.78, 5) is 12.3. The Bertz CT molecular complexity index is 1010. The lowest BCUT2D eigenvalue weighted by molar-refractivity contribution is 0.102. The molecule has 1 aromatic carbocycles. The molecule has 0 aliphatic heterocycles. The number of nitrogens with zero attached hydrogens (tertiary/aromatic N) is 4. The molecule has 1 amide bonds. The van der Waals surface area contributed by atoms with E-state index in [1.165, 1.54) is 12.4 Å². The molecule has 0 radical (unpaired) electrons. The summed E-state index contributed by atoms with van der Waals surface area (Å²) in [5, 5.41) is 10.6. The fourth-order valence-electron chi connectivity index (χ4n) is 2.53. The molecule has 3 rings (SSSR count). The minimum absolute atomic E-state index is 0.270. The molecule has 6 nitrogen and oxygen atoms in total. The van der Waals surface area contributed by atoms with Gasteiger partial charge in [-0.3, -0.25) is 14.2 Å². The summed E-state index contributed by atoms with van der Waals surface area (Å²) < 4.78 is 56.5. The largest absolute Gasteiger partial charge is 0.319 e. The standard InChI is InChI=1S/C17H15F4N5O/c1-3-25-7-11(9(2)24-25)17(27)23-10-5-22-26(6-10)8-12-13(18)4-14(19)16(21)15(12)20/h4-7H,3,8H2,1-2H3,(H,23,27). The molecule has 0 saturated heterocycles. The first kappa shape index (κ1) is 18.6. The van der Waals surface area contributed by atoms with Gasteiger partial charge in [0.05, 0.1) is 29.7 Å². The van der Waals surface area contributed by atoms with Crippen molar-refractivity contribution in [3.05, 3.63) is 64.7 Å². The summed E-state index contributed by atoms with van der Waals surface area (Å²) in [7, 11) is 0. The topological polar surface area (TPSA) is 64.7 Å². The predicted octanol–water partition coefficient (Wildman–Crippen LogP) is 3.26. The van der Waals surface area contributed by atoms with Crippen LogP contribution in [-0.2, 0) is 13.1 Å². The quantitative estimate of drug-likeness (QED) is 0.419. The number of benzene rings is 1. The van der Waals surface area contributed by atoms with Gasteiger partial charge in [-0.25, -0.2) is 17.6 Å². The predicted molar refractivity (Wildman–Crippen MR) is 88.2 cm³/mol. The highest BCUT2D eigenvalue weighted by atomic mass is 19.2. The minimum Gasteiger partial charge on any atom is -0.319 e. The van der Waals surface area contributed by atoms with Crippen molar-refractivity contribution >= 4 is 11.6 Å². The van der Waals surface area contributed by atoms with E-state index in [4.69, 9.17) is 0 Å². The molecule has 0 aliphatic carbocycles. The van der Waals surface area contributed by atoms with Crippen molar-refractivity contribution in [2.75, 3.05) is 5.32 Å². The van der Waals surface area contributed by atoms with Crippen LogP contribution in [0.4, 0.5) is 23.2 Å². The number of aromatic nitrogens is 4. The van der Waals surface area contributed by atoms with Gasteiger partial charge in [-0.1, -0.05) is 0 Å². The van der Waals surface area contributed by atoms with Gasteiger partial charge in [-0.05, 0) is 13.8 Å². The lowest BCUT2D eigenvalue weighted by Crippen LogP contribution is -2.12. The first-order chi connectivity index (χ1) is 12.8. The Kier molecular flexibility index (Phi) is 4.98. The maximum Gasteiger partial charge on any atom is 0.259 e. The molecule has 0 fully saturated rings. The lowest BCUT2D eigenvalue weighted by atomic mass is 10.2. The van der Waals surface area contributed by atoms with E-state index < -0.39 is 41.3 Å². The molecular formula is C17H15F4N5O. The van der Waals surface area contributed by atoms with Crippen LogP contribution in [0, 0.1) is 30.2 Å². The fraction of sp³-hybridized carbons (Fsp3) is 0.235. The Hall–Kier alpha value is -3.17. The highest BCUT2D eigenvalue weighted by molar-refractivity contribution is 6.04. The second kappa shape index (κ2) is 7.22. The third-order valence-corrected chi connectivity index (χ3v) is 3.94. The zero-order chi connectivity index (χ0) is 19.7. The average molecular weight is 381 g/mol. The van der Waals surface area contributed by atoms with Crippen LogP contribution >= 0.6 is 0 Å². The molecule has 0 aliphatic rings. The molecule has 2 aromatic heterocycles. The van der Waals surface area contributed by atoms with Crippen LogP contribution in [0.2, 0.25) is 0 Å². The number of carbonyl (C=O) groups excluding carboxylic acids is 1. The molecule has 0 saturated carbocycles. The summed E-state index contributed by atoms with van der Waals surface area (Å²) in [6.45, 7) is 3.71. The van der Waals surface area contributed by atoms with E-state index >= 15 is 0 Å². The van der Waals surface area contributed by atoms with Crippen molar-refractivity contribution in [1.29, 1.82) is 0 Å². The second-order valence-corrected chi connectivity index (χ2v) is 5.81. The van der Waals surface area contributed by atoms with Crippen molar-refractivity contribution in [3.63, 3.8) is 0 Å². The van der Waals surface area contributed by atoms with Gasteiger partial charge in [0, 0.05) is 30.6 Å². The zero-order valence-electron chi connectivity index (χ0n) is 14.4. The van der Waals surface area contributed by atoms with Gasteiger partial charge >= 0.3 is 0 Å². The van der Waals surface area contributed by atoms with Crippen molar-refractivity contribution in [2.45, 2.75) is 26.9 Å². The van der Waals surface area contributed by atoms with E-state index in [0.717, 1.165) is 4.68 Å². The number of nitrogens with one attached hydrogen (secondary N) is 1. The SMILES string of the molecule is CCn1cc(C(=O)Nc2cnn(Cc3c(F)cc(F)c(F)c3F)c2)c(C)n1. The van der Waals surface area contributed by atoms with E-state index in [-0.39, 0.29) is 11.8 Å². The molecule has 0 spiro atoms. The van der Waals surface area contributed by atoms with Gasteiger partial charge in [0.25, 0.3) is 5.91 Å². The molecule has 3 aromatic rings. The van der Waals surface area contributed by atoms with Crippen molar-refractivity contribution in [2.24, 2.45) is 0 Å². The molecule has 27 heavy (non-hydrogen) atoms. The first-order valence-corrected chi connectivity index (χ1v) is 7.99. The maximum absolute atomic E-state index is 13.8. The van der Waals surface area contributed by atoms with Crippen LogP contribution in [0.25, 0.3) is 0 Å². The first-order valence-electron chi connectivity index (χ1n) is 7.99. The molecule has 0 unspecified atom stereocenters. The average Bonchev–Trinajstić information content (AvgIpc) is 3.22. The molecular weight excluding hydrogens is 366 g/mol. The van der Waals surface area contributed by atoms with Gasteiger partial charge in [-0.15, -0.1) is 0 Å². The summed E-state index contributed by atoms with van der Waals surface area (Å²) >= 11 is 0. The van der Waals surface area contributed by atoms with Gasteiger partial charge < -0.3 is 5.32 Å². The lowest BCUT2D eigenvalue weighted by Gasteiger charge is -2.07. The van der Waals surface area contributed by atoms with Crippen molar-refractivity contribution in [1.82, 2.24) is 19.6 Å². The minimum atomic E-state index is -1.75. The Morgan fingerprint density at radius 3 is 2.52 bits per heavy atom. The van der Waals surface area contributed by atoms with E-state index in [1.807, 2.05) is 6.92 Å². The van der Waals surface area contributed by atoms with E-state index in [2.05, 4.69) is 15.5 Å². The number of hydrogen-bond acceptors (Lipinski definition) is 3. The Balaban J connectivity index is 1.77. The van der Waals surface area contributed by atoms with Crippen molar-refractivity contribution in [3.8, 4) is 0 Å². The monoisotopic (exact) mass is 381 g/mol. The summed E-state index contributed by atoms with van der Waals surface area (Å²) in [6.07, 6.45) is 4.19. The Labute approximate surface area is 151 Å². The molecule has 0 atom stereocenters. The summed E-state index contributed by atoms with van der Waals surface area (Å²) in [6, 6.07) is 0.272. The van der Waals surface area contributed by atoms with Gasteiger partial charge in [0.15, 0.2) is 17.5 Å². The second-order valence-electron chi connectivity index (χ2n) is 5.81. The molecule has 142 valence electrons.